The van der Waals surface area contributed by atoms with Gasteiger partial charge in [0.05, 0.1) is 29.9 Å². The van der Waals surface area contributed by atoms with Crippen molar-refractivity contribution in [2.45, 2.75) is 20.8 Å². The third kappa shape index (κ3) is 5.04. The summed E-state index contributed by atoms with van der Waals surface area (Å²) in [7, 11) is 1.53. The number of ether oxygens (including phenoxy) is 2. The first-order chi connectivity index (χ1) is 16.3. The molecular weight excluding hydrogens is 440 g/mol. The average Bonchev–Trinajstić information content (AvgIpc) is 3.37. The maximum atomic E-state index is 12.6. The third-order valence-electron chi connectivity index (χ3n) is 4.96. The van der Waals surface area contributed by atoms with Gasteiger partial charge < -0.3 is 19.2 Å². The second-order valence-corrected chi connectivity index (χ2v) is 7.56. The van der Waals surface area contributed by atoms with E-state index in [0.717, 1.165) is 11.1 Å². The number of carbonyl (C=O) groups excluding carboxylic acids is 2. The average molecular weight is 464 g/mol. The van der Waals surface area contributed by atoms with Gasteiger partial charge in [0, 0.05) is 37.7 Å². The van der Waals surface area contributed by atoms with Crippen LogP contribution in [-0.2, 0) is 9.47 Å². The third-order valence-corrected chi connectivity index (χ3v) is 4.96. The van der Waals surface area contributed by atoms with Gasteiger partial charge in [-0.25, -0.2) is 19.7 Å². The van der Waals surface area contributed by atoms with Gasteiger partial charge in [0.1, 0.15) is 6.61 Å². The molecule has 0 saturated heterocycles. The molecular formula is C23H24N6O5. The zero-order valence-corrected chi connectivity index (χ0v) is 19.2. The van der Waals surface area contributed by atoms with Gasteiger partial charge in [-0.3, -0.25) is 14.5 Å². The fourth-order valence-electron chi connectivity index (χ4n) is 3.36. The maximum absolute atomic E-state index is 12.6. The van der Waals surface area contributed by atoms with Crippen molar-refractivity contribution in [2.75, 3.05) is 31.0 Å². The summed E-state index contributed by atoms with van der Waals surface area (Å²) in [6.07, 6.45) is 4.37. The van der Waals surface area contributed by atoms with E-state index in [-0.39, 0.29) is 18.3 Å². The number of nitrogens with one attached hydrogen (secondary N) is 2. The van der Waals surface area contributed by atoms with Crippen molar-refractivity contribution >= 4 is 29.2 Å². The first-order valence-corrected chi connectivity index (χ1v) is 10.5. The second-order valence-electron chi connectivity index (χ2n) is 7.56. The maximum Gasteiger partial charge on any atom is 0.411 e. The fraction of sp³-hybridized carbons (Fsp3) is 0.261. The Bertz CT molecular complexity index is 1360. The number of hydrogen-bond donors (Lipinski definition) is 2. The fourth-order valence-corrected chi connectivity index (χ4v) is 3.36. The Kier molecular flexibility index (Phi) is 6.55. The van der Waals surface area contributed by atoms with Gasteiger partial charge in [0.25, 0.3) is 5.91 Å². The molecule has 1 aromatic carbocycles. The van der Waals surface area contributed by atoms with Crippen LogP contribution in [0.2, 0.25) is 0 Å². The van der Waals surface area contributed by atoms with Crippen molar-refractivity contribution in [1.29, 1.82) is 0 Å². The van der Waals surface area contributed by atoms with Crippen LogP contribution in [0.15, 0.2) is 41.2 Å². The van der Waals surface area contributed by atoms with Crippen molar-refractivity contribution in [3.63, 3.8) is 0 Å². The molecule has 0 saturated carbocycles. The second kappa shape index (κ2) is 9.71. The van der Waals surface area contributed by atoms with Gasteiger partial charge in [0.2, 0.25) is 11.5 Å². The Morgan fingerprint density at radius 1 is 1.06 bits per heavy atom. The van der Waals surface area contributed by atoms with Crippen LogP contribution in [0.25, 0.3) is 17.0 Å². The molecule has 11 heteroatoms. The molecule has 4 rings (SSSR count). The van der Waals surface area contributed by atoms with E-state index in [0.29, 0.717) is 41.0 Å². The first kappa shape index (κ1) is 22.9. The molecule has 2 amide bonds. The number of oxazole rings is 1. The smallest absolute Gasteiger partial charge is 0.411 e. The number of aryl methyl sites for hydroxylation is 3. The lowest BCUT2D eigenvalue weighted by Crippen LogP contribution is -2.16. The van der Waals surface area contributed by atoms with Crippen molar-refractivity contribution in [2.24, 2.45) is 0 Å². The van der Waals surface area contributed by atoms with Gasteiger partial charge in [0.15, 0.2) is 5.89 Å². The van der Waals surface area contributed by atoms with E-state index in [4.69, 9.17) is 13.9 Å². The highest BCUT2D eigenvalue weighted by molar-refractivity contribution is 6.03. The van der Waals surface area contributed by atoms with Gasteiger partial charge in [-0.15, -0.1) is 0 Å². The van der Waals surface area contributed by atoms with E-state index in [2.05, 4.69) is 25.6 Å². The van der Waals surface area contributed by atoms with Crippen molar-refractivity contribution in [1.82, 2.24) is 19.4 Å². The highest BCUT2D eigenvalue weighted by Crippen LogP contribution is 2.27. The minimum Gasteiger partial charge on any atom is -0.447 e. The van der Waals surface area contributed by atoms with E-state index in [1.807, 2.05) is 19.1 Å². The highest BCUT2D eigenvalue weighted by Gasteiger charge is 2.17. The van der Waals surface area contributed by atoms with Crippen LogP contribution in [0.1, 0.15) is 27.7 Å². The van der Waals surface area contributed by atoms with E-state index in [1.54, 1.807) is 36.7 Å². The quantitative estimate of drug-likeness (QED) is 0.395. The van der Waals surface area contributed by atoms with E-state index in [1.165, 1.54) is 13.3 Å². The number of anilines is 2. The van der Waals surface area contributed by atoms with Crippen molar-refractivity contribution in [3.05, 3.63) is 59.7 Å². The van der Waals surface area contributed by atoms with E-state index >= 15 is 0 Å². The van der Waals surface area contributed by atoms with Gasteiger partial charge >= 0.3 is 6.09 Å². The number of methoxy groups -OCH3 is 1. The van der Waals surface area contributed by atoms with Crippen molar-refractivity contribution in [3.8, 4) is 11.3 Å². The van der Waals surface area contributed by atoms with Crippen LogP contribution < -0.4 is 10.6 Å². The molecule has 0 radical (unpaired) electrons. The number of rotatable bonds is 7. The highest BCUT2D eigenvalue weighted by atomic mass is 16.6. The topological polar surface area (TPSA) is 133 Å². The molecule has 34 heavy (non-hydrogen) atoms. The minimum absolute atomic E-state index is 0.148. The molecule has 2 N–H and O–H groups in total. The minimum atomic E-state index is -0.602. The summed E-state index contributed by atoms with van der Waals surface area (Å²) in [6.45, 7) is 5.82. The normalized spacial score (nSPS) is 10.9. The van der Waals surface area contributed by atoms with Crippen LogP contribution in [0.4, 0.5) is 16.2 Å². The SMILES string of the molecule is COCCOC(=O)Nc1cnc2nc(-c3cc(NC(=O)c4oc(C)nc4C)ccc3C)cn2c1. The van der Waals surface area contributed by atoms with Crippen LogP contribution in [0.3, 0.4) is 0 Å². The predicted molar refractivity (Wildman–Crippen MR) is 124 cm³/mol. The van der Waals surface area contributed by atoms with Crippen molar-refractivity contribution < 1.29 is 23.5 Å². The molecule has 0 unspecified atom stereocenters. The molecule has 0 bridgehead atoms. The summed E-state index contributed by atoms with van der Waals surface area (Å²) in [4.78, 5) is 37.5. The standard InChI is InChI=1S/C23H24N6O5/c1-13-5-6-16(26-21(30)20-14(2)25-15(3)34-20)9-18(13)19-12-29-11-17(10-24-22(29)28-19)27-23(31)33-8-7-32-4/h5-6,9-12H,7-8H2,1-4H3,(H,26,30)(H,27,31). The van der Waals surface area contributed by atoms with Gasteiger partial charge in [-0.2, -0.15) is 0 Å². The molecule has 0 fully saturated rings. The number of imidazole rings is 1. The zero-order chi connectivity index (χ0) is 24.2. The predicted octanol–water partition coefficient (Wildman–Crippen LogP) is 3.76. The number of amides is 2. The summed E-state index contributed by atoms with van der Waals surface area (Å²) in [5.41, 5.74) is 4.02. The number of carbonyl (C=O) groups is 2. The van der Waals surface area contributed by atoms with Crippen LogP contribution in [0, 0.1) is 20.8 Å². The number of benzene rings is 1. The number of aromatic nitrogens is 4. The molecule has 0 spiro atoms. The Hall–Kier alpha value is -4.25. The number of fused-ring (bicyclic) bond motifs is 1. The van der Waals surface area contributed by atoms with Gasteiger partial charge in [-0.1, -0.05) is 6.07 Å². The van der Waals surface area contributed by atoms with Crippen LogP contribution >= 0.6 is 0 Å². The van der Waals surface area contributed by atoms with Crippen LogP contribution in [0.5, 0.6) is 0 Å². The summed E-state index contributed by atoms with van der Waals surface area (Å²) in [6, 6.07) is 5.53. The summed E-state index contributed by atoms with van der Waals surface area (Å²) in [5.74, 6) is 0.687. The number of hydrogen-bond acceptors (Lipinski definition) is 8. The molecule has 11 nitrogen and oxygen atoms in total. The lowest BCUT2D eigenvalue weighted by molar-refractivity contribution is 0.0994. The Balaban J connectivity index is 1.54. The summed E-state index contributed by atoms with van der Waals surface area (Å²) >= 11 is 0. The van der Waals surface area contributed by atoms with Crippen LogP contribution in [-0.4, -0.2) is 51.7 Å². The first-order valence-electron chi connectivity index (χ1n) is 10.5. The Labute approximate surface area is 195 Å². The Morgan fingerprint density at radius 2 is 1.88 bits per heavy atom. The molecule has 3 heterocycles. The van der Waals surface area contributed by atoms with E-state index < -0.39 is 6.09 Å². The Morgan fingerprint density at radius 3 is 2.62 bits per heavy atom. The summed E-state index contributed by atoms with van der Waals surface area (Å²) in [5, 5.41) is 5.46. The zero-order valence-electron chi connectivity index (χ0n) is 19.2. The molecule has 0 aliphatic carbocycles. The molecule has 4 aromatic rings. The van der Waals surface area contributed by atoms with Gasteiger partial charge in [-0.05, 0) is 31.5 Å². The lowest BCUT2D eigenvalue weighted by atomic mass is 10.1. The monoisotopic (exact) mass is 464 g/mol. The lowest BCUT2D eigenvalue weighted by Gasteiger charge is -2.08. The number of nitrogens with zero attached hydrogens (tertiary/aromatic N) is 4. The molecule has 3 aromatic heterocycles. The largest absolute Gasteiger partial charge is 0.447 e. The molecule has 0 aliphatic rings. The molecule has 176 valence electrons. The molecule has 0 atom stereocenters. The molecule has 0 aliphatic heterocycles. The van der Waals surface area contributed by atoms with E-state index in [9.17, 15) is 9.59 Å². The summed E-state index contributed by atoms with van der Waals surface area (Å²) < 4.78 is 17.0.